The Balaban J connectivity index is 2.35. The van der Waals surface area contributed by atoms with E-state index in [-0.39, 0.29) is 12.1 Å². The molecular formula is C23H34N2O2S. The zero-order valence-electron chi connectivity index (χ0n) is 17.6. The number of rotatable bonds is 9. The topological polar surface area (TPSA) is 52.6 Å². The highest BCUT2D eigenvalue weighted by molar-refractivity contribution is 7.84. The van der Waals surface area contributed by atoms with Crippen LogP contribution in [0, 0.1) is 5.92 Å². The molecule has 0 heterocycles. The first-order chi connectivity index (χ1) is 13.2. The third kappa shape index (κ3) is 6.82. The lowest BCUT2D eigenvalue weighted by molar-refractivity contribution is -0.147. The van der Waals surface area contributed by atoms with Gasteiger partial charge in [0.2, 0.25) is 0 Å². The van der Waals surface area contributed by atoms with Crippen molar-refractivity contribution in [2.45, 2.75) is 64.4 Å². The van der Waals surface area contributed by atoms with Gasteiger partial charge in [-0.25, -0.2) is 8.93 Å². The van der Waals surface area contributed by atoms with Gasteiger partial charge in [-0.1, -0.05) is 74.5 Å². The molecule has 2 aromatic carbocycles. The van der Waals surface area contributed by atoms with Gasteiger partial charge in [-0.3, -0.25) is 0 Å². The molecule has 0 aliphatic heterocycles. The van der Waals surface area contributed by atoms with Crippen LogP contribution in [0.2, 0.25) is 0 Å². The van der Waals surface area contributed by atoms with Crippen LogP contribution >= 0.6 is 0 Å². The number of nitrogens with zero attached hydrogens (tertiary/aromatic N) is 1. The van der Waals surface area contributed by atoms with Gasteiger partial charge in [-0.2, -0.15) is 5.06 Å². The highest BCUT2D eigenvalue weighted by Gasteiger charge is 2.32. The molecule has 5 heteroatoms. The van der Waals surface area contributed by atoms with Gasteiger partial charge in [0.1, 0.15) is 0 Å². The lowest BCUT2D eigenvalue weighted by Gasteiger charge is -2.36. The first-order valence-corrected chi connectivity index (χ1v) is 11.1. The van der Waals surface area contributed by atoms with Crippen molar-refractivity contribution in [3.8, 4) is 0 Å². The molecule has 0 saturated carbocycles. The van der Waals surface area contributed by atoms with Gasteiger partial charge in [-0.15, -0.1) is 0 Å². The quantitative estimate of drug-likeness (QED) is 0.575. The molecule has 3 atom stereocenters. The Bertz CT molecular complexity index is 729. The van der Waals surface area contributed by atoms with Crippen LogP contribution in [0.1, 0.15) is 58.2 Å². The standard InChI is InChI=1S/C23H34N2O2S/c1-18(2)16-21(25(26)17-19-12-8-6-9-13-19)22(20-14-10-7-11-15-20)24-28(27)23(3,4)5/h6-15,18,21-22,24,26H,16-17H2,1-5H3/t21-,22-,28?/m1/s1. The number of hydroxylamine groups is 2. The van der Waals surface area contributed by atoms with E-state index in [4.69, 9.17) is 0 Å². The molecular weight excluding hydrogens is 368 g/mol. The number of benzene rings is 2. The highest BCUT2D eigenvalue weighted by atomic mass is 32.2. The fourth-order valence-electron chi connectivity index (χ4n) is 3.12. The molecule has 4 nitrogen and oxygen atoms in total. The van der Waals surface area contributed by atoms with Gasteiger partial charge in [0.15, 0.2) is 0 Å². The molecule has 0 amide bonds. The number of hydrogen-bond acceptors (Lipinski definition) is 3. The molecule has 28 heavy (non-hydrogen) atoms. The predicted octanol–water partition coefficient (Wildman–Crippen LogP) is 5.09. The van der Waals surface area contributed by atoms with Crippen LogP contribution in [-0.4, -0.2) is 25.3 Å². The van der Waals surface area contributed by atoms with Crippen molar-refractivity contribution >= 4 is 11.0 Å². The van der Waals surface area contributed by atoms with E-state index in [9.17, 15) is 9.42 Å². The van der Waals surface area contributed by atoms with Gasteiger partial charge in [0.25, 0.3) is 0 Å². The first kappa shape index (κ1) is 22.8. The minimum Gasteiger partial charge on any atom is -0.313 e. The molecule has 0 aliphatic carbocycles. The van der Waals surface area contributed by atoms with E-state index in [0.29, 0.717) is 12.5 Å². The summed E-state index contributed by atoms with van der Waals surface area (Å²) in [5.41, 5.74) is 2.07. The fraction of sp³-hybridized carbons (Fsp3) is 0.478. The SMILES string of the molecule is CC(C)C[C@H]([C@H](NS(=O)C(C)(C)C)c1ccccc1)N(O)Cc1ccccc1. The highest BCUT2D eigenvalue weighted by Crippen LogP contribution is 2.28. The molecule has 0 saturated heterocycles. The van der Waals surface area contributed by atoms with E-state index in [1.54, 1.807) is 0 Å². The molecule has 2 aromatic rings. The smallest absolute Gasteiger partial charge is 0.0976 e. The predicted molar refractivity (Wildman–Crippen MR) is 117 cm³/mol. The zero-order valence-corrected chi connectivity index (χ0v) is 18.4. The van der Waals surface area contributed by atoms with E-state index < -0.39 is 15.7 Å². The fourth-order valence-corrected chi connectivity index (χ4v) is 4.00. The van der Waals surface area contributed by atoms with Crippen molar-refractivity contribution < 1.29 is 9.42 Å². The van der Waals surface area contributed by atoms with Crippen LogP contribution < -0.4 is 4.72 Å². The summed E-state index contributed by atoms with van der Waals surface area (Å²) < 4.78 is 15.8. The maximum absolute atomic E-state index is 12.9. The average molecular weight is 403 g/mol. The third-order valence-electron chi connectivity index (χ3n) is 4.62. The van der Waals surface area contributed by atoms with Crippen LogP contribution in [-0.2, 0) is 17.5 Å². The molecule has 0 spiro atoms. The summed E-state index contributed by atoms with van der Waals surface area (Å²) in [4.78, 5) is 0. The maximum atomic E-state index is 12.9. The summed E-state index contributed by atoms with van der Waals surface area (Å²) in [7, 11) is -1.25. The molecule has 0 fully saturated rings. The molecule has 0 radical (unpaired) electrons. The van der Waals surface area contributed by atoms with Crippen LogP contribution in [0.25, 0.3) is 0 Å². The molecule has 2 N–H and O–H groups in total. The summed E-state index contributed by atoms with van der Waals surface area (Å²) >= 11 is 0. The van der Waals surface area contributed by atoms with Crippen molar-refractivity contribution in [3.63, 3.8) is 0 Å². The second-order valence-corrected chi connectivity index (χ2v) is 10.7. The summed E-state index contributed by atoms with van der Waals surface area (Å²) in [6.07, 6.45) is 0.775. The Kier molecular flexibility index (Phi) is 8.38. The summed E-state index contributed by atoms with van der Waals surface area (Å²) in [6.45, 7) is 10.6. The number of hydrogen-bond donors (Lipinski definition) is 2. The van der Waals surface area contributed by atoms with Crippen LogP contribution in [0.15, 0.2) is 60.7 Å². The molecule has 1 unspecified atom stereocenters. The molecule has 2 rings (SSSR count). The Hall–Kier alpha value is -1.53. The van der Waals surface area contributed by atoms with Crippen LogP contribution in [0.3, 0.4) is 0 Å². The molecule has 0 aromatic heterocycles. The van der Waals surface area contributed by atoms with E-state index in [2.05, 4.69) is 18.6 Å². The van der Waals surface area contributed by atoms with Crippen molar-refractivity contribution in [1.29, 1.82) is 0 Å². The number of nitrogens with one attached hydrogen (secondary N) is 1. The van der Waals surface area contributed by atoms with E-state index in [1.165, 1.54) is 5.06 Å². The minimum absolute atomic E-state index is 0.214. The third-order valence-corrected chi connectivity index (χ3v) is 6.20. The Morgan fingerprint density at radius 3 is 2.04 bits per heavy atom. The van der Waals surface area contributed by atoms with Gasteiger partial charge in [0.05, 0.1) is 27.8 Å². The zero-order chi connectivity index (χ0) is 20.7. The molecule has 154 valence electrons. The lowest BCUT2D eigenvalue weighted by Crippen LogP contribution is -2.47. The van der Waals surface area contributed by atoms with Crippen LogP contribution in [0.4, 0.5) is 0 Å². The monoisotopic (exact) mass is 402 g/mol. The van der Waals surface area contributed by atoms with Gasteiger partial charge in [-0.05, 0) is 44.2 Å². The van der Waals surface area contributed by atoms with Crippen LogP contribution in [0.5, 0.6) is 0 Å². The van der Waals surface area contributed by atoms with Crippen molar-refractivity contribution in [2.24, 2.45) is 5.92 Å². The Morgan fingerprint density at radius 1 is 1.00 bits per heavy atom. The summed E-state index contributed by atoms with van der Waals surface area (Å²) in [6, 6.07) is 19.5. The minimum atomic E-state index is -1.25. The van der Waals surface area contributed by atoms with Crippen molar-refractivity contribution in [3.05, 3.63) is 71.8 Å². The van der Waals surface area contributed by atoms with E-state index >= 15 is 0 Å². The normalized spacial score (nSPS) is 15.6. The van der Waals surface area contributed by atoms with E-state index in [1.807, 2.05) is 81.4 Å². The molecule has 0 bridgehead atoms. The second kappa shape index (κ2) is 10.3. The van der Waals surface area contributed by atoms with Gasteiger partial charge < -0.3 is 5.21 Å². The molecule has 0 aliphatic rings. The van der Waals surface area contributed by atoms with E-state index in [0.717, 1.165) is 17.5 Å². The Morgan fingerprint density at radius 2 is 1.54 bits per heavy atom. The van der Waals surface area contributed by atoms with Crippen molar-refractivity contribution in [2.75, 3.05) is 0 Å². The summed E-state index contributed by atoms with van der Waals surface area (Å²) in [5.74, 6) is 0.381. The second-order valence-electron chi connectivity index (χ2n) is 8.67. The summed E-state index contributed by atoms with van der Waals surface area (Å²) in [5, 5.41) is 12.5. The first-order valence-electron chi connectivity index (χ1n) is 9.91. The van der Waals surface area contributed by atoms with Gasteiger partial charge >= 0.3 is 0 Å². The lowest BCUT2D eigenvalue weighted by atomic mass is 9.92. The largest absolute Gasteiger partial charge is 0.313 e. The maximum Gasteiger partial charge on any atom is 0.0976 e. The van der Waals surface area contributed by atoms with Gasteiger partial charge in [0, 0.05) is 6.54 Å². The average Bonchev–Trinajstić information content (AvgIpc) is 2.64. The Labute approximate surface area is 172 Å². The van der Waals surface area contributed by atoms with Crippen molar-refractivity contribution in [1.82, 2.24) is 9.79 Å².